The molecule has 0 saturated heterocycles. The van der Waals surface area contributed by atoms with Gasteiger partial charge in [-0.3, -0.25) is 14.6 Å². The third-order valence-electron chi connectivity index (χ3n) is 3.59. The molecule has 0 spiro atoms. The molecule has 0 aliphatic heterocycles. The minimum Gasteiger partial charge on any atom is -0.480 e. The summed E-state index contributed by atoms with van der Waals surface area (Å²) < 4.78 is 0. The maximum atomic E-state index is 12.4. The van der Waals surface area contributed by atoms with Gasteiger partial charge in [-0.15, -0.1) is 0 Å². The third kappa shape index (κ3) is 10.6. The van der Waals surface area contributed by atoms with E-state index in [9.17, 15) is 24.6 Å². The van der Waals surface area contributed by atoms with E-state index in [4.69, 9.17) is 17.2 Å². The van der Waals surface area contributed by atoms with Crippen LogP contribution in [0.3, 0.4) is 0 Å². The summed E-state index contributed by atoms with van der Waals surface area (Å²) in [5.74, 6) is -2.10. The lowest BCUT2D eigenvalue weighted by atomic mass is 10.1. The molecule has 0 radical (unpaired) electrons. The number of aliphatic imine (C=N–C) groups is 1. The number of carbonyl (C=O) groups is 3. The topological polar surface area (TPSA) is 206 Å². The quantitative estimate of drug-likeness (QED) is 0.0983. The lowest BCUT2D eigenvalue weighted by Gasteiger charge is -2.24. The molecule has 0 fully saturated rings. The van der Waals surface area contributed by atoms with Crippen molar-refractivity contribution in [3.63, 3.8) is 0 Å². The monoisotopic (exact) mass is 406 g/mol. The van der Waals surface area contributed by atoms with E-state index in [-0.39, 0.29) is 18.9 Å². The van der Waals surface area contributed by atoms with E-state index in [1.165, 1.54) is 18.7 Å². The Balaban J connectivity index is 4.84. The molecule has 0 aromatic carbocycles. The number of hydrogen-bond acceptors (Lipinski definition) is 7. The summed E-state index contributed by atoms with van der Waals surface area (Å²) in [6.07, 6.45) is 1.43. The largest absolute Gasteiger partial charge is 0.480 e. The van der Waals surface area contributed by atoms with Crippen molar-refractivity contribution in [3.8, 4) is 0 Å². The van der Waals surface area contributed by atoms with Crippen LogP contribution < -0.4 is 27.8 Å². The van der Waals surface area contributed by atoms with Crippen molar-refractivity contribution in [1.82, 2.24) is 10.6 Å². The predicted molar refractivity (Wildman–Crippen MR) is 104 cm³/mol. The molecule has 10 N–H and O–H groups in total. The number of nitrogens with zero attached hydrogens (tertiary/aromatic N) is 1. The Morgan fingerprint density at radius 3 is 2.26 bits per heavy atom. The number of thioether (sulfide) groups is 1. The summed E-state index contributed by atoms with van der Waals surface area (Å²) in [4.78, 5) is 39.5. The molecule has 2 amide bonds. The first-order valence-electron chi connectivity index (χ1n) is 8.41. The van der Waals surface area contributed by atoms with Crippen LogP contribution in [0.4, 0.5) is 0 Å². The lowest BCUT2D eigenvalue weighted by molar-refractivity contribution is -0.143. The smallest absolute Gasteiger partial charge is 0.326 e. The fourth-order valence-corrected chi connectivity index (χ4v) is 2.55. The van der Waals surface area contributed by atoms with Gasteiger partial charge in [0.05, 0.1) is 12.1 Å². The van der Waals surface area contributed by atoms with E-state index >= 15 is 0 Å². The Hall–Kier alpha value is -2.05. The molecule has 0 aliphatic rings. The van der Waals surface area contributed by atoms with E-state index < -0.39 is 42.0 Å². The first kappa shape index (κ1) is 24.9. The summed E-state index contributed by atoms with van der Waals surface area (Å²) in [5.41, 5.74) is 16.1. The second kappa shape index (κ2) is 13.2. The molecule has 0 saturated carbocycles. The Labute approximate surface area is 162 Å². The Morgan fingerprint density at radius 2 is 1.78 bits per heavy atom. The van der Waals surface area contributed by atoms with Crippen LogP contribution in [0, 0.1) is 0 Å². The number of carboxylic acids is 1. The fourth-order valence-electron chi connectivity index (χ4n) is 2.06. The van der Waals surface area contributed by atoms with Gasteiger partial charge < -0.3 is 38.0 Å². The number of rotatable bonds is 13. The van der Waals surface area contributed by atoms with Crippen molar-refractivity contribution in [1.29, 1.82) is 0 Å². The van der Waals surface area contributed by atoms with Crippen LogP contribution in [-0.2, 0) is 14.4 Å². The fraction of sp³-hybridized carbons (Fsp3) is 0.733. The summed E-state index contributed by atoms with van der Waals surface area (Å²) in [6, 6.07) is -3.37. The van der Waals surface area contributed by atoms with Gasteiger partial charge in [-0.1, -0.05) is 0 Å². The maximum Gasteiger partial charge on any atom is 0.326 e. The predicted octanol–water partition coefficient (Wildman–Crippen LogP) is -2.44. The number of nitrogens with two attached hydrogens (primary N) is 3. The molecular weight excluding hydrogens is 376 g/mol. The van der Waals surface area contributed by atoms with Crippen molar-refractivity contribution in [2.75, 3.05) is 18.6 Å². The molecule has 0 aliphatic carbocycles. The highest BCUT2D eigenvalue weighted by atomic mass is 32.2. The summed E-state index contributed by atoms with van der Waals surface area (Å²) in [6.45, 7) is 1.52. The number of carbonyl (C=O) groups excluding carboxylic acids is 2. The van der Waals surface area contributed by atoms with Gasteiger partial charge in [0.1, 0.15) is 12.1 Å². The van der Waals surface area contributed by atoms with Gasteiger partial charge in [0, 0.05) is 6.54 Å². The Morgan fingerprint density at radius 1 is 1.15 bits per heavy atom. The molecule has 0 aromatic rings. The Kier molecular flexibility index (Phi) is 12.2. The molecule has 27 heavy (non-hydrogen) atoms. The molecule has 11 nitrogen and oxygen atoms in total. The first-order valence-corrected chi connectivity index (χ1v) is 9.81. The zero-order valence-corrected chi connectivity index (χ0v) is 16.4. The minimum absolute atomic E-state index is 0.0750. The van der Waals surface area contributed by atoms with Gasteiger partial charge in [-0.2, -0.15) is 11.8 Å². The molecule has 0 heterocycles. The summed E-state index contributed by atoms with van der Waals surface area (Å²) in [7, 11) is 0. The van der Waals surface area contributed by atoms with E-state index in [1.54, 1.807) is 0 Å². The standard InChI is InChI=1S/C15H30N6O5S/c1-8(22)11(21-12(23)9(16)5-7-27-2)13(24)20-10(14(25)26)4-3-6-19-15(17)18/h8-11,22H,3-7,16H2,1-2H3,(H,20,24)(H,21,23)(H,25,26)(H4,17,18,19)/t8-,9+,10+,11?/m1/s1. The molecule has 0 rings (SSSR count). The molecule has 156 valence electrons. The molecule has 0 bridgehead atoms. The second-order valence-corrected chi connectivity index (χ2v) is 6.95. The molecule has 0 aromatic heterocycles. The van der Waals surface area contributed by atoms with Gasteiger partial charge in [0.15, 0.2) is 5.96 Å². The second-order valence-electron chi connectivity index (χ2n) is 5.96. The summed E-state index contributed by atoms with van der Waals surface area (Å²) >= 11 is 1.52. The molecule has 1 unspecified atom stereocenters. The van der Waals surface area contributed by atoms with E-state index in [2.05, 4.69) is 15.6 Å². The van der Waals surface area contributed by atoms with Crippen LogP contribution >= 0.6 is 11.8 Å². The number of amides is 2. The van der Waals surface area contributed by atoms with Gasteiger partial charge in [-0.05, 0) is 38.2 Å². The number of carboxylic acid groups (broad SMARTS) is 1. The highest BCUT2D eigenvalue weighted by molar-refractivity contribution is 7.98. The van der Waals surface area contributed by atoms with Crippen LogP contribution in [0.2, 0.25) is 0 Å². The number of aliphatic hydroxyl groups is 1. The third-order valence-corrected chi connectivity index (χ3v) is 4.24. The normalized spacial score (nSPS) is 15.1. The SMILES string of the molecule is CSCC[C@H](N)C(=O)NC(C(=O)N[C@@H](CCCN=C(N)N)C(=O)O)[C@@H](C)O. The molecule has 12 heteroatoms. The first-order chi connectivity index (χ1) is 12.6. The van der Waals surface area contributed by atoms with Crippen molar-refractivity contribution in [2.45, 2.75) is 50.4 Å². The zero-order valence-electron chi connectivity index (χ0n) is 15.6. The number of nitrogens with one attached hydrogen (secondary N) is 2. The van der Waals surface area contributed by atoms with Gasteiger partial charge in [0.2, 0.25) is 11.8 Å². The van der Waals surface area contributed by atoms with E-state index in [0.717, 1.165) is 0 Å². The number of aliphatic carboxylic acids is 1. The number of guanidine groups is 1. The van der Waals surface area contributed by atoms with Crippen LogP contribution in [0.1, 0.15) is 26.2 Å². The van der Waals surface area contributed by atoms with Crippen molar-refractivity contribution < 1.29 is 24.6 Å². The summed E-state index contributed by atoms with van der Waals surface area (Å²) in [5, 5.41) is 23.7. The van der Waals surface area contributed by atoms with Crippen molar-refractivity contribution >= 4 is 35.5 Å². The number of hydrogen-bond donors (Lipinski definition) is 7. The zero-order chi connectivity index (χ0) is 21.0. The van der Waals surface area contributed by atoms with Crippen LogP contribution in [-0.4, -0.2) is 76.7 Å². The van der Waals surface area contributed by atoms with E-state index in [1.807, 2.05) is 6.26 Å². The van der Waals surface area contributed by atoms with Crippen molar-refractivity contribution in [2.24, 2.45) is 22.2 Å². The average molecular weight is 407 g/mol. The van der Waals surface area contributed by atoms with Gasteiger partial charge >= 0.3 is 5.97 Å². The molecule has 4 atom stereocenters. The maximum absolute atomic E-state index is 12.4. The van der Waals surface area contributed by atoms with Crippen LogP contribution in [0.25, 0.3) is 0 Å². The van der Waals surface area contributed by atoms with Crippen LogP contribution in [0.15, 0.2) is 4.99 Å². The average Bonchev–Trinajstić information content (AvgIpc) is 2.58. The van der Waals surface area contributed by atoms with Crippen molar-refractivity contribution in [3.05, 3.63) is 0 Å². The highest BCUT2D eigenvalue weighted by Crippen LogP contribution is 2.03. The van der Waals surface area contributed by atoms with Crippen LogP contribution in [0.5, 0.6) is 0 Å². The van der Waals surface area contributed by atoms with E-state index in [0.29, 0.717) is 18.6 Å². The van der Waals surface area contributed by atoms with Gasteiger partial charge in [0.25, 0.3) is 0 Å². The highest BCUT2D eigenvalue weighted by Gasteiger charge is 2.30. The lowest BCUT2D eigenvalue weighted by Crippen LogP contribution is -2.58. The number of aliphatic hydroxyl groups excluding tert-OH is 1. The van der Waals surface area contributed by atoms with Gasteiger partial charge in [-0.25, -0.2) is 4.79 Å². The minimum atomic E-state index is -1.32. The Bertz CT molecular complexity index is 527. The molecular formula is C15H30N6O5S.